The van der Waals surface area contributed by atoms with E-state index in [-0.39, 0.29) is 30.8 Å². The standard InChI is InChI=1S/C16H30N2O4/c1-11(2)18(10-14(19)20)13-8-6-12(7-9-13)17-15(21)22-16(3,4)5/h11-13H,6-10H2,1-5H3,(H,17,21)(H,19,20). The zero-order valence-corrected chi connectivity index (χ0v) is 14.4. The maximum absolute atomic E-state index is 11.8. The number of carboxylic acid groups (broad SMARTS) is 1. The normalized spacial score (nSPS) is 22.7. The van der Waals surface area contributed by atoms with E-state index in [2.05, 4.69) is 5.32 Å². The van der Waals surface area contributed by atoms with Gasteiger partial charge in [0.15, 0.2) is 0 Å². The Labute approximate surface area is 133 Å². The van der Waals surface area contributed by atoms with Crippen molar-refractivity contribution in [2.75, 3.05) is 6.54 Å². The van der Waals surface area contributed by atoms with E-state index in [0.717, 1.165) is 25.7 Å². The molecule has 128 valence electrons. The summed E-state index contributed by atoms with van der Waals surface area (Å²) in [4.78, 5) is 24.8. The van der Waals surface area contributed by atoms with E-state index in [1.165, 1.54) is 0 Å². The third-order valence-electron chi connectivity index (χ3n) is 3.87. The summed E-state index contributed by atoms with van der Waals surface area (Å²) in [7, 11) is 0. The molecule has 0 bridgehead atoms. The fraction of sp³-hybridized carbons (Fsp3) is 0.875. The van der Waals surface area contributed by atoms with Crippen LogP contribution in [0.15, 0.2) is 0 Å². The fourth-order valence-corrected chi connectivity index (χ4v) is 2.92. The van der Waals surface area contributed by atoms with E-state index < -0.39 is 11.6 Å². The highest BCUT2D eigenvalue weighted by molar-refractivity contribution is 5.69. The van der Waals surface area contributed by atoms with Gasteiger partial charge in [0.2, 0.25) is 0 Å². The van der Waals surface area contributed by atoms with Gasteiger partial charge in [-0.1, -0.05) is 0 Å². The van der Waals surface area contributed by atoms with Crippen molar-refractivity contribution in [3.8, 4) is 0 Å². The first-order valence-corrected chi connectivity index (χ1v) is 8.05. The van der Waals surface area contributed by atoms with Crippen LogP contribution in [0.4, 0.5) is 4.79 Å². The number of nitrogens with one attached hydrogen (secondary N) is 1. The number of rotatable bonds is 5. The van der Waals surface area contributed by atoms with Crippen molar-refractivity contribution in [1.82, 2.24) is 10.2 Å². The van der Waals surface area contributed by atoms with Crippen molar-refractivity contribution in [2.24, 2.45) is 0 Å². The summed E-state index contributed by atoms with van der Waals surface area (Å²) < 4.78 is 5.27. The Balaban J connectivity index is 2.45. The van der Waals surface area contributed by atoms with Crippen LogP contribution in [-0.4, -0.2) is 52.3 Å². The number of carboxylic acids is 1. The van der Waals surface area contributed by atoms with Gasteiger partial charge in [-0.05, 0) is 60.3 Å². The second-order valence-electron chi connectivity index (χ2n) is 7.31. The van der Waals surface area contributed by atoms with E-state index in [0.29, 0.717) is 0 Å². The number of amides is 1. The van der Waals surface area contributed by atoms with E-state index in [4.69, 9.17) is 9.84 Å². The minimum Gasteiger partial charge on any atom is -0.480 e. The maximum Gasteiger partial charge on any atom is 0.407 e. The number of carbonyl (C=O) groups is 2. The lowest BCUT2D eigenvalue weighted by Crippen LogP contribution is -2.48. The zero-order chi connectivity index (χ0) is 16.9. The first-order chi connectivity index (χ1) is 10.1. The number of hydrogen-bond acceptors (Lipinski definition) is 4. The average molecular weight is 314 g/mol. The van der Waals surface area contributed by atoms with Gasteiger partial charge in [0.1, 0.15) is 5.60 Å². The predicted octanol–water partition coefficient (Wildman–Crippen LogP) is 2.62. The Morgan fingerprint density at radius 3 is 2.18 bits per heavy atom. The molecule has 0 atom stereocenters. The second kappa shape index (κ2) is 7.81. The third-order valence-corrected chi connectivity index (χ3v) is 3.87. The Hall–Kier alpha value is -1.30. The summed E-state index contributed by atoms with van der Waals surface area (Å²) in [6.45, 7) is 9.65. The molecule has 6 nitrogen and oxygen atoms in total. The van der Waals surface area contributed by atoms with Crippen LogP contribution in [0.1, 0.15) is 60.3 Å². The van der Waals surface area contributed by atoms with E-state index in [1.807, 2.05) is 39.5 Å². The lowest BCUT2D eigenvalue weighted by atomic mass is 9.89. The highest BCUT2D eigenvalue weighted by Gasteiger charge is 2.29. The summed E-state index contributed by atoms with van der Waals surface area (Å²) in [5.41, 5.74) is -0.489. The van der Waals surface area contributed by atoms with Crippen LogP contribution in [0, 0.1) is 0 Å². The Morgan fingerprint density at radius 1 is 1.23 bits per heavy atom. The number of aliphatic carboxylic acids is 1. The largest absolute Gasteiger partial charge is 0.480 e. The monoisotopic (exact) mass is 314 g/mol. The second-order valence-corrected chi connectivity index (χ2v) is 7.31. The predicted molar refractivity (Wildman–Crippen MR) is 84.9 cm³/mol. The van der Waals surface area contributed by atoms with Gasteiger partial charge < -0.3 is 15.2 Å². The highest BCUT2D eigenvalue weighted by atomic mass is 16.6. The molecular formula is C16H30N2O4. The van der Waals surface area contributed by atoms with Crippen LogP contribution >= 0.6 is 0 Å². The van der Waals surface area contributed by atoms with Gasteiger partial charge in [0, 0.05) is 18.1 Å². The molecule has 0 aromatic rings. The number of hydrogen-bond donors (Lipinski definition) is 2. The molecule has 0 spiro atoms. The van der Waals surface area contributed by atoms with Gasteiger partial charge >= 0.3 is 12.1 Å². The van der Waals surface area contributed by atoms with Crippen molar-refractivity contribution < 1.29 is 19.4 Å². The van der Waals surface area contributed by atoms with E-state index >= 15 is 0 Å². The van der Waals surface area contributed by atoms with Crippen LogP contribution in [0.3, 0.4) is 0 Å². The molecule has 0 saturated heterocycles. The molecule has 1 fully saturated rings. The lowest BCUT2D eigenvalue weighted by molar-refractivity contribution is -0.139. The Kier molecular flexibility index (Phi) is 6.66. The molecule has 0 unspecified atom stereocenters. The maximum atomic E-state index is 11.8. The summed E-state index contributed by atoms with van der Waals surface area (Å²) in [6.07, 6.45) is 3.12. The first kappa shape index (κ1) is 18.7. The van der Waals surface area contributed by atoms with Crippen LogP contribution < -0.4 is 5.32 Å². The average Bonchev–Trinajstić information content (AvgIpc) is 2.34. The molecule has 6 heteroatoms. The Morgan fingerprint density at radius 2 is 1.77 bits per heavy atom. The van der Waals surface area contributed by atoms with E-state index in [9.17, 15) is 9.59 Å². The number of nitrogens with zero attached hydrogens (tertiary/aromatic N) is 1. The molecule has 0 radical (unpaired) electrons. The van der Waals surface area contributed by atoms with Gasteiger partial charge in [-0.3, -0.25) is 9.69 Å². The SMILES string of the molecule is CC(C)N(CC(=O)O)C1CCC(NC(=O)OC(C)(C)C)CC1. The minimum absolute atomic E-state index is 0.0759. The summed E-state index contributed by atoms with van der Waals surface area (Å²) in [6, 6.07) is 0.592. The van der Waals surface area contributed by atoms with Crippen molar-refractivity contribution in [2.45, 2.75) is 84.0 Å². The molecule has 2 N–H and O–H groups in total. The molecule has 1 aliphatic carbocycles. The topological polar surface area (TPSA) is 78.9 Å². The molecular weight excluding hydrogens is 284 g/mol. The van der Waals surface area contributed by atoms with Crippen molar-refractivity contribution in [3.63, 3.8) is 0 Å². The van der Waals surface area contributed by atoms with Gasteiger partial charge in [-0.15, -0.1) is 0 Å². The summed E-state index contributed by atoms with van der Waals surface area (Å²) in [5, 5.41) is 11.9. The number of alkyl carbamates (subject to hydrolysis) is 1. The van der Waals surface area contributed by atoms with Crippen LogP contribution in [0.2, 0.25) is 0 Å². The number of ether oxygens (including phenoxy) is 1. The molecule has 1 rings (SSSR count). The first-order valence-electron chi connectivity index (χ1n) is 8.05. The molecule has 0 aromatic carbocycles. The quantitative estimate of drug-likeness (QED) is 0.815. The third kappa shape index (κ3) is 6.64. The highest BCUT2D eigenvalue weighted by Crippen LogP contribution is 2.25. The van der Waals surface area contributed by atoms with E-state index in [1.54, 1.807) is 0 Å². The van der Waals surface area contributed by atoms with Gasteiger partial charge in [-0.25, -0.2) is 4.79 Å². The summed E-state index contributed by atoms with van der Waals surface area (Å²) >= 11 is 0. The van der Waals surface area contributed by atoms with Gasteiger partial charge in [0.05, 0.1) is 6.54 Å². The molecule has 0 heterocycles. The zero-order valence-electron chi connectivity index (χ0n) is 14.4. The Bertz CT molecular complexity index is 382. The molecule has 1 saturated carbocycles. The van der Waals surface area contributed by atoms with Gasteiger partial charge in [-0.2, -0.15) is 0 Å². The molecule has 1 aliphatic rings. The van der Waals surface area contributed by atoms with Crippen LogP contribution in [0.5, 0.6) is 0 Å². The summed E-state index contributed by atoms with van der Waals surface area (Å²) in [5.74, 6) is -0.789. The molecule has 0 aliphatic heterocycles. The molecule has 22 heavy (non-hydrogen) atoms. The molecule has 0 aromatic heterocycles. The van der Waals surface area contributed by atoms with Crippen molar-refractivity contribution in [3.05, 3.63) is 0 Å². The fourth-order valence-electron chi connectivity index (χ4n) is 2.92. The van der Waals surface area contributed by atoms with Crippen molar-refractivity contribution in [1.29, 1.82) is 0 Å². The van der Waals surface area contributed by atoms with Crippen LogP contribution in [0.25, 0.3) is 0 Å². The minimum atomic E-state index is -0.789. The molecule has 1 amide bonds. The van der Waals surface area contributed by atoms with Crippen LogP contribution in [-0.2, 0) is 9.53 Å². The lowest BCUT2D eigenvalue weighted by Gasteiger charge is -2.38. The smallest absolute Gasteiger partial charge is 0.407 e. The van der Waals surface area contributed by atoms with Gasteiger partial charge in [0.25, 0.3) is 0 Å². The van der Waals surface area contributed by atoms with Crippen molar-refractivity contribution >= 4 is 12.1 Å². The number of carbonyl (C=O) groups excluding carboxylic acids is 1.